The molecule has 1 heterocycles. The maximum absolute atomic E-state index is 11.0. The first-order chi connectivity index (χ1) is 7.31. The molecule has 2 nitrogen and oxygen atoms in total. The minimum Gasteiger partial charge on any atom is -0.361 e. The number of allylic oxidation sites excluding steroid dienone is 1. The van der Waals surface area contributed by atoms with Gasteiger partial charge in [-0.3, -0.25) is 4.79 Å². The van der Waals surface area contributed by atoms with Crippen molar-refractivity contribution in [3.63, 3.8) is 0 Å². The van der Waals surface area contributed by atoms with E-state index in [2.05, 4.69) is 4.98 Å². The molecule has 0 fully saturated rings. The number of fused-ring (bicyclic) bond motifs is 1. The van der Waals surface area contributed by atoms with Gasteiger partial charge in [0.25, 0.3) is 0 Å². The molecule has 2 rings (SSSR count). The number of carbonyl (C=O) groups is 1. The molecule has 1 N–H and O–H groups in total. The third-order valence-corrected chi connectivity index (χ3v) is 2.47. The Morgan fingerprint density at radius 2 is 2.20 bits per heavy atom. The second-order valence-electron chi connectivity index (χ2n) is 3.22. The maximum Gasteiger partial charge on any atom is 0.170 e. The quantitative estimate of drug-likeness (QED) is 0.625. The third-order valence-electron chi connectivity index (χ3n) is 2.20. The van der Waals surface area contributed by atoms with Crippen LogP contribution in [0.1, 0.15) is 5.56 Å². The van der Waals surface area contributed by atoms with E-state index in [0.29, 0.717) is 0 Å². The van der Waals surface area contributed by atoms with E-state index in [9.17, 15) is 4.79 Å². The number of hydrogen-bond donors (Lipinski definition) is 1. The molecule has 1 aromatic carbocycles. The molecule has 15 heavy (non-hydrogen) atoms. The minimum atomic E-state index is -0.0815. The lowest BCUT2D eigenvalue weighted by molar-refractivity contribution is -0.112. The van der Waals surface area contributed by atoms with Crippen LogP contribution in [0.25, 0.3) is 17.0 Å². The molecule has 0 spiro atoms. The van der Waals surface area contributed by atoms with Crippen LogP contribution in [0.3, 0.4) is 0 Å². The van der Waals surface area contributed by atoms with E-state index in [1.807, 2.05) is 30.5 Å². The predicted octanol–water partition coefficient (Wildman–Crippen LogP) is 2.99. The van der Waals surface area contributed by atoms with Gasteiger partial charge in [0.1, 0.15) is 0 Å². The van der Waals surface area contributed by atoms with Gasteiger partial charge in [-0.25, -0.2) is 0 Å². The molecule has 0 saturated heterocycles. The van der Waals surface area contributed by atoms with E-state index >= 15 is 0 Å². The van der Waals surface area contributed by atoms with E-state index in [4.69, 9.17) is 11.6 Å². The fourth-order valence-electron chi connectivity index (χ4n) is 1.46. The number of nitrogens with one attached hydrogen (secondary N) is 1. The molecule has 0 aliphatic rings. The second-order valence-corrected chi connectivity index (χ2v) is 3.49. The van der Waals surface area contributed by atoms with Crippen LogP contribution < -0.4 is 0 Å². The van der Waals surface area contributed by atoms with Gasteiger partial charge in [0.15, 0.2) is 5.78 Å². The van der Waals surface area contributed by atoms with Crippen molar-refractivity contribution in [3.05, 3.63) is 42.1 Å². The Kier molecular flexibility index (Phi) is 2.88. The van der Waals surface area contributed by atoms with Gasteiger partial charge in [-0.15, -0.1) is 11.6 Å². The summed E-state index contributed by atoms with van der Waals surface area (Å²) in [4.78, 5) is 14.1. The Hall–Kier alpha value is -1.54. The molecule has 0 amide bonds. The molecule has 0 aliphatic carbocycles. The van der Waals surface area contributed by atoms with Crippen molar-refractivity contribution in [1.29, 1.82) is 0 Å². The van der Waals surface area contributed by atoms with Crippen LogP contribution in [0.15, 0.2) is 36.5 Å². The Balaban J connectivity index is 2.36. The highest BCUT2D eigenvalue weighted by Gasteiger charge is 1.99. The van der Waals surface area contributed by atoms with Crippen molar-refractivity contribution >= 4 is 34.4 Å². The van der Waals surface area contributed by atoms with Gasteiger partial charge in [-0.2, -0.15) is 0 Å². The minimum absolute atomic E-state index is 0.0266. The average Bonchev–Trinajstić information content (AvgIpc) is 2.69. The van der Waals surface area contributed by atoms with Gasteiger partial charge < -0.3 is 4.98 Å². The van der Waals surface area contributed by atoms with Crippen molar-refractivity contribution in [2.24, 2.45) is 0 Å². The summed E-state index contributed by atoms with van der Waals surface area (Å²) in [5.74, 6) is -0.0549. The van der Waals surface area contributed by atoms with Crippen LogP contribution in [0.5, 0.6) is 0 Å². The zero-order chi connectivity index (χ0) is 10.7. The predicted molar refractivity (Wildman–Crippen MR) is 63.1 cm³/mol. The Morgan fingerprint density at radius 3 is 3.00 bits per heavy atom. The van der Waals surface area contributed by atoms with E-state index in [-0.39, 0.29) is 11.7 Å². The van der Waals surface area contributed by atoms with Gasteiger partial charge in [-0.1, -0.05) is 18.2 Å². The lowest BCUT2D eigenvalue weighted by Gasteiger charge is -1.90. The molecule has 0 aliphatic heterocycles. The number of aromatic nitrogens is 1. The van der Waals surface area contributed by atoms with Crippen LogP contribution >= 0.6 is 11.6 Å². The number of benzene rings is 1. The first kappa shape index (κ1) is 9.99. The zero-order valence-electron chi connectivity index (χ0n) is 8.03. The summed E-state index contributed by atoms with van der Waals surface area (Å²) in [7, 11) is 0. The number of carbonyl (C=O) groups excluding carboxylic acids is 1. The van der Waals surface area contributed by atoms with Crippen molar-refractivity contribution in [2.45, 2.75) is 0 Å². The van der Waals surface area contributed by atoms with Gasteiger partial charge in [-0.05, 0) is 23.8 Å². The molecule has 0 atom stereocenters. The van der Waals surface area contributed by atoms with E-state index in [1.165, 1.54) is 6.08 Å². The lowest BCUT2D eigenvalue weighted by Crippen LogP contribution is -1.91. The number of alkyl halides is 1. The number of ketones is 1. The zero-order valence-corrected chi connectivity index (χ0v) is 8.79. The fraction of sp³-hybridized carbons (Fsp3) is 0.0833. The second kappa shape index (κ2) is 4.32. The van der Waals surface area contributed by atoms with Crippen molar-refractivity contribution < 1.29 is 4.79 Å². The van der Waals surface area contributed by atoms with Crippen LogP contribution in [0, 0.1) is 0 Å². The van der Waals surface area contributed by atoms with Gasteiger partial charge in [0.2, 0.25) is 0 Å². The molecule has 0 radical (unpaired) electrons. The summed E-state index contributed by atoms with van der Waals surface area (Å²) in [5.41, 5.74) is 2.07. The normalized spacial score (nSPS) is 11.3. The molecule has 0 saturated carbocycles. The van der Waals surface area contributed by atoms with Crippen molar-refractivity contribution in [2.75, 3.05) is 5.88 Å². The molecule has 3 heteroatoms. The highest BCUT2D eigenvalue weighted by atomic mass is 35.5. The van der Waals surface area contributed by atoms with Crippen LogP contribution in [0.2, 0.25) is 0 Å². The number of aromatic amines is 1. The number of rotatable bonds is 3. The van der Waals surface area contributed by atoms with Gasteiger partial charge in [0.05, 0.1) is 5.88 Å². The van der Waals surface area contributed by atoms with Crippen molar-refractivity contribution in [3.8, 4) is 0 Å². The molecule has 2 aromatic rings. The van der Waals surface area contributed by atoms with Crippen LogP contribution in [0.4, 0.5) is 0 Å². The number of H-pyrrole nitrogens is 1. The smallest absolute Gasteiger partial charge is 0.170 e. The summed E-state index contributed by atoms with van der Waals surface area (Å²) >= 11 is 5.40. The Labute approximate surface area is 92.6 Å². The van der Waals surface area contributed by atoms with Crippen LogP contribution in [-0.4, -0.2) is 16.6 Å². The summed E-state index contributed by atoms with van der Waals surface area (Å²) in [5, 5.41) is 1.11. The first-order valence-electron chi connectivity index (χ1n) is 4.64. The molecule has 76 valence electrons. The number of halogens is 1. The Bertz CT molecular complexity index is 513. The number of para-hydroxylation sites is 1. The molecular weight excluding hydrogens is 210 g/mol. The lowest BCUT2D eigenvalue weighted by atomic mass is 10.1. The summed E-state index contributed by atoms with van der Waals surface area (Å²) in [6, 6.07) is 7.94. The summed E-state index contributed by atoms with van der Waals surface area (Å²) in [6.07, 6.45) is 5.16. The van der Waals surface area contributed by atoms with E-state index < -0.39 is 0 Å². The third kappa shape index (κ3) is 2.10. The molecule has 0 bridgehead atoms. The highest BCUT2D eigenvalue weighted by molar-refractivity contribution is 6.29. The molecule has 0 unspecified atom stereocenters. The standard InChI is InChI=1S/C12H10ClNO/c13-7-10(15)6-5-9-8-14-12-4-2-1-3-11(9)12/h1-6,8,14H,7H2. The summed E-state index contributed by atoms with van der Waals surface area (Å²) in [6.45, 7) is 0. The van der Waals surface area contributed by atoms with Crippen LogP contribution in [-0.2, 0) is 4.79 Å². The van der Waals surface area contributed by atoms with Gasteiger partial charge >= 0.3 is 0 Å². The first-order valence-corrected chi connectivity index (χ1v) is 5.17. The van der Waals surface area contributed by atoms with E-state index in [1.54, 1.807) is 6.08 Å². The van der Waals surface area contributed by atoms with Gasteiger partial charge in [0, 0.05) is 17.1 Å². The topological polar surface area (TPSA) is 32.9 Å². The van der Waals surface area contributed by atoms with Crippen molar-refractivity contribution in [1.82, 2.24) is 4.98 Å². The maximum atomic E-state index is 11.0. The number of hydrogen-bond acceptors (Lipinski definition) is 1. The largest absolute Gasteiger partial charge is 0.361 e. The molecule has 1 aromatic heterocycles. The average molecular weight is 220 g/mol. The molecular formula is C12H10ClNO. The fourth-order valence-corrected chi connectivity index (χ4v) is 1.55. The van der Waals surface area contributed by atoms with E-state index in [0.717, 1.165) is 16.5 Å². The summed E-state index contributed by atoms with van der Waals surface area (Å²) < 4.78 is 0. The highest BCUT2D eigenvalue weighted by Crippen LogP contribution is 2.18. The monoisotopic (exact) mass is 219 g/mol. The SMILES string of the molecule is O=C(C=Cc1c[nH]c2ccccc12)CCl. The Morgan fingerprint density at radius 1 is 1.40 bits per heavy atom.